The lowest BCUT2D eigenvalue weighted by atomic mass is 10.1. The summed E-state index contributed by atoms with van der Waals surface area (Å²) in [4.78, 5) is 19.1. The van der Waals surface area contributed by atoms with Crippen molar-refractivity contribution in [2.24, 2.45) is 0 Å². The lowest BCUT2D eigenvalue weighted by Crippen LogP contribution is -2.28. The molecule has 1 amide bonds. The summed E-state index contributed by atoms with van der Waals surface area (Å²) in [6, 6.07) is 7.27. The van der Waals surface area contributed by atoms with Crippen LogP contribution in [0, 0.1) is 5.82 Å². The van der Waals surface area contributed by atoms with Crippen molar-refractivity contribution < 1.29 is 13.9 Å². The molecule has 1 heterocycles. The Bertz CT molecular complexity index is 649. The molecule has 2 rings (SSSR count). The third-order valence-corrected chi connectivity index (χ3v) is 3.07. The average Bonchev–Trinajstić information content (AvgIpc) is 2.55. The molecule has 1 aromatic carbocycles. The molecule has 23 heavy (non-hydrogen) atoms. The van der Waals surface area contributed by atoms with E-state index >= 15 is 0 Å². The Morgan fingerprint density at radius 3 is 2.78 bits per heavy atom. The van der Waals surface area contributed by atoms with Crippen LogP contribution >= 0.6 is 0 Å². The summed E-state index contributed by atoms with van der Waals surface area (Å²) in [7, 11) is 0. The molecule has 0 aliphatic carbocycles. The quantitative estimate of drug-likeness (QED) is 0.819. The first kappa shape index (κ1) is 16.7. The highest BCUT2D eigenvalue weighted by Gasteiger charge is 2.09. The summed E-state index contributed by atoms with van der Waals surface area (Å²) in [5, 5.41) is 5.74. The molecule has 0 unspecified atom stereocenters. The topological polar surface area (TPSA) is 76.1 Å². The van der Waals surface area contributed by atoms with E-state index < -0.39 is 5.82 Å². The second-order valence-electron chi connectivity index (χ2n) is 4.91. The first-order chi connectivity index (χ1) is 11.1. The normalized spacial score (nSPS) is 11.6. The number of carbonyl (C=O) groups is 1. The van der Waals surface area contributed by atoms with Crippen LogP contribution in [-0.2, 0) is 4.79 Å². The van der Waals surface area contributed by atoms with E-state index in [2.05, 4.69) is 20.6 Å². The van der Waals surface area contributed by atoms with Crippen LogP contribution in [0.5, 0.6) is 5.75 Å². The molecule has 0 saturated heterocycles. The summed E-state index contributed by atoms with van der Waals surface area (Å²) in [5.74, 6) is 0.294. The second kappa shape index (κ2) is 8.07. The van der Waals surface area contributed by atoms with E-state index in [1.165, 1.54) is 0 Å². The van der Waals surface area contributed by atoms with E-state index in [9.17, 15) is 9.18 Å². The molecule has 0 saturated carbocycles. The van der Waals surface area contributed by atoms with Crippen molar-refractivity contribution >= 4 is 11.9 Å². The van der Waals surface area contributed by atoms with Crippen molar-refractivity contribution in [2.45, 2.75) is 19.9 Å². The van der Waals surface area contributed by atoms with Crippen molar-refractivity contribution in [3.63, 3.8) is 0 Å². The Morgan fingerprint density at radius 1 is 1.35 bits per heavy atom. The summed E-state index contributed by atoms with van der Waals surface area (Å²) in [6.07, 6.45) is 2.21. The van der Waals surface area contributed by atoms with Gasteiger partial charge in [-0.2, -0.15) is 0 Å². The van der Waals surface area contributed by atoms with Crippen LogP contribution in [0.3, 0.4) is 0 Å². The molecule has 122 valence electrons. The number of halogens is 1. The molecular formula is C16H19FN4O2. The molecule has 1 aromatic heterocycles. The van der Waals surface area contributed by atoms with E-state index in [-0.39, 0.29) is 18.6 Å². The Balaban J connectivity index is 1.97. The van der Waals surface area contributed by atoms with Crippen LogP contribution in [0.1, 0.15) is 25.5 Å². The molecule has 0 spiro atoms. The largest absolute Gasteiger partial charge is 0.484 e. The van der Waals surface area contributed by atoms with E-state index in [1.54, 1.807) is 6.07 Å². The number of carbonyl (C=O) groups excluding carboxylic acids is 1. The Morgan fingerprint density at radius 2 is 2.09 bits per heavy atom. The highest BCUT2D eigenvalue weighted by Crippen LogP contribution is 2.21. The summed E-state index contributed by atoms with van der Waals surface area (Å²) >= 11 is 0. The number of rotatable bonds is 7. The number of amides is 1. The minimum atomic E-state index is -0.482. The minimum absolute atomic E-state index is 0.0276. The first-order valence-electron chi connectivity index (χ1n) is 7.32. The fraction of sp³-hybridized carbons (Fsp3) is 0.312. The zero-order chi connectivity index (χ0) is 16.7. The third kappa shape index (κ3) is 5.21. The predicted molar refractivity (Wildman–Crippen MR) is 84.6 cm³/mol. The molecule has 2 N–H and O–H groups in total. The Hall–Kier alpha value is -2.70. The Kier molecular flexibility index (Phi) is 5.85. The fourth-order valence-electron chi connectivity index (χ4n) is 1.93. The van der Waals surface area contributed by atoms with E-state index in [1.807, 2.05) is 32.0 Å². The third-order valence-electron chi connectivity index (χ3n) is 3.07. The molecule has 0 fully saturated rings. The van der Waals surface area contributed by atoms with Crippen LogP contribution in [0.2, 0.25) is 0 Å². The van der Waals surface area contributed by atoms with Crippen LogP contribution in [0.15, 0.2) is 36.7 Å². The van der Waals surface area contributed by atoms with Gasteiger partial charge < -0.3 is 15.4 Å². The van der Waals surface area contributed by atoms with Crippen molar-refractivity contribution in [3.8, 4) is 5.75 Å². The maximum absolute atomic E-state index is 12.8. The number of nitrogens with zero attached hydrogens (tertiary/aromatic N) is 2. The lowest BCUT2D eigenvalue weighted by molar-refractivity contribution is -0.122. The van der Waals surface area contributed by atoms with Gasteiger partial charge in [0.1, 0.15) is 5.75 Å². The Labute approximate surface area is 134 Å². The van der Waals surface area contributed by atoms with Crippen LogP contribution < -0.4 is 15.4 Å². The highest BCUT2D eigenvalue weighted by molar-refractivity contribution is 5.77. The molecule has 0 bridgehead atoms. The number of aromatic nitrogens is 2. The molecule has 2 aromatic rings. The number of anilines is 1. The fourth-order valence-corrected chi connectivity index (χ4v) is 1.93. The molecule has 7 heteroatoms. The van der Waals surface area contributed by atoms with Gasteiger partial charge in [0.2, 0.25) is 5.95 Å². The van der Waals surface area contributed by atoms with Crippen molar-refractivity contribution in [1.29, 1.82) is 0 Å². The van der Waals surface area contributed by atoms with Crippen LogP contribution in [0.25, 0.3) is 0 Å². The maximum Gasteiger partial charge on any atom is 0.257 e. The van der Waals surface area contributed by atoms with E-state index in [0.29, 0.717) is 18.2 Å². The van der Waals surface area contributed by atoms with Crippen LogP contribution in [0.4, 0.5) is 10.3 Å². The first-order valence-corrected chi connectivity index (χ1v) is 7.32. The highest BCUT2D eigenvalue weighted by atomic mass is 19.1. The number of ether oxygens (including phenoxy) is 1. The van der Waals surface area contributed by atoms with Crippen LogP contribution in [-0.4, -0.2) is 29.0 Å². The molecular weight excluding hydrogens is 299 g/mol. The number of hydrogen-bond donors (Lipinski definition) is 2. The molecule has 1 atom stereocenters. The van der Waals surface area contributed by atoms with Gasteiger partial charge in [-0.05, 0) is 31.5 Å². The number of nitrogens with one attached hydrogen (secondary N) is 2. The summed E-state index contributed by atoms with van der Waals surface area (Å²) in [6.45, 7) is 4.32. The van der Waals surface area contributed by atoms with Gasteiger partial charge in [-0.15, -0.1) is 0 Å². The van der Waals surface area contributed by atoms with Gasteiger partial charge in [-0.3, -0.25) is 4.79 Å². The van der Waals surface area contributed by atoms with Gasteiger partial charge in [0.05, 0.1) is 18.4 Å². The monoisotopic (exact) mass is 318 g/mol. The van der Waals surface area contributed by atoms with Gasteiger partial charge in [0.15, 0.2) is 12.4 Å². The number of benzene rings is 1. The molecule has 0 aliphatic rings. The predicted octanol–water partition coefficient (Wildman–Crippen LogP) is 2.30. The van der Waals surface area contributed by atoms with Gasteiger partial charge >= 0.3 is 0 Å². The van der Waals surface area contributed by atoms with Gasteiger partial charge in [-0.25, -0.2) is 14.4 Å². The standard InChI is InChI=1S/C16H19FN4O2/c1-3-18-15(22)10-23-14-6-4-5-12(7-14)11(2)21-16-19-8-13(17)9-20-16/h4-9,11H,3,10H2,1-2H3,(H,18,22)(H,19,20,21)/t11-/m0/s1. The van der Waals surface area contributed by atoms with Gasteiger partial charge in [0.25, 0.3) is 5.91 Å². The number of hydrogen-bond acceptors (Lipinski definition) is 5. The van der Waals surface area contributed by atoms with E-state index in [4.69, 9.17) is 4.74 Å². The smallest absolute Gasteiger partial charge is 0.257 e. The molecule has 6 nitrogen and oxygen atoms in total. The SMILES string of the molecule is CCNC(=O)COc1cccc([C@H](C)Nc2ncc(F)cn2)c1. The van der Waals surface area contributed by atoms with Gasteiger partial charge in [-0.1, -0.05) is 12.1 Å². The summed E-state index contributed by atoms with van der Waals surface area (Å²) in [5.41, 5.74) is 0.936. The van der Waals surface area contributed by atoms with Crippen molar-refractivity contribution in [3.05, 3.63) is 48.0 Å². The molecule has 0 radical (unpaired) electrons. The maximum atomic E-state index is 12.8. The van der Waals surface area contributed by atoms with Gasteiger partial charge in [0, 0.05) is 6.54 Å². The summed E-state index contributed by atoms with van der Waals surface area (Å²) < 4.78 is 18.3. The average molecular weight is 318 g/mol. The van der Waals surface area contributed by atoms with E-state index in [0.717, 1.165) is 18.0 Å². The zero-order valence-corrected chi connectivity index (χ0v) is 13.0. The van der Waals surface area contributed by atoms with Crippen molar-refractivity contribution in [2.75, 3.05) is 18.5 Å². The lowest BCUT2D eigenvalue weighted by Gasteiger charge is -2.15. The zero-order valence-electron chi connectivity index (χ0n) is 13.0. The second-order valence-corrected chi connectivity index (χ2v) is 4.91. The van der Waals surface area contributed by atoms with Crippen molar-refractivity contribution in [1.82, 2.24) is 15.3 Å². The molecule has 0 aliphatic heterocycles. The minimum Gasteiger partial charge on any atom is -0.484 e. The number of likely N-dealkylation sites (N-methyl/N-ethyl adjacent to an activating group) is 1.